The molecule has 2 unspecified atom stereocenters. The molecule has 0 nitrogen and oxygen atoms in total. The summed E-state index contributed by atoms with van der Waals surface area (Å²) in [5, 5.41) is 0. The largest absolute Gasteiger partial charge is 0.326 e. The summed E-state index contributed by atoms with van der Waals surface area (Å²) in [5.74, 6) is 1.82. The van der Waals surface area contributed by atoms with E-state index in [1.54, 1.807) is 0 Å². The molecule has 0 aromatic heterocycles. The summed E-state index contributed by atoms with van der Waals surface area (Å²) in [6.07, 6.45) is 16.2. The molecule has 0 aromatic carbocycles. The van der Waals surface area contributed by atoms with Crippen LogP contribution in [0, 0.1) is 24.7 Å². The molecule has 1 radical (unpaired) electrons. The third kappa shape index (κ3) is 8.87. The van der Waals surface area contributed by atoms with Crippen LogP contribution >= 0.6 is 0 Å². The van der Waals surface area contributed by atoms with E-state index in [1.807, 2.05) is 0 Å². The van der Waals surface area contributed by atoms with Crippen LogP contribution in [0.2, 0.25) is 0 Å². The fourth-order valence-electron chi connectivity index (χ4n) is 2.26. The average molecular weight is 283 g/mol. The van der Waals surface area contributed by atoms with Crippen molar-refractivity contribution in [2.45, 2.75) is 65.2 Å². The van der Waals surface area contributed by atoms with Crippen molar-refractivity contribution in [2.75, 3.05) is 0 Å². The zero-order chi connectivity index (χ0) is 10.2. The van der Waals surface area contributed by atoms with Gasteiger partial charge in [-0.1, -0.05) is 52.4 Å². The topological polar surface area (TPSA) is 0 Å². The van der Waals surface area contributed by atoms with E-state index in [1.165, 1.54) is 51.4 Å². The van der Waals surface area contributed by atoms with E-state index in [0.717, 1.165) is 11.8 Å². The minimum absolute atomic E-state index is 0. The SMILES string of the molecule is CC1[CH-]CCCC1.CC1[CH-]CCCC1.[Y]. The van der Waals surface area contributed by atoms with E-state index in [-0.39, 0.29) is 32.7 Å². The van der Waals surface area contributed by atoms with Crippen molar-refractivity contribution in [3.63, 3.8) is 0 Å². The molecule has 2 aliphatic rings. The Hall–Kier alpha value is 1.10. The van der Waals surface area contributed by atoms with E-state index < -0.39 is 0 Å². The summed E-state index contributed by atoms with van der Waals surface area (Å²) in [4.78, 5) is 0. The van der Waals surface area contributed by atoms with Gasteiger partial charge in [0.05, 0.1) is 0 Å². The molecule has 2 aliphatic carbocycles. The Labute approximate surface area is 122 Å². The molecule has 2 atom stereocenters. The van der Waals surface area contributed by atoms with Gasteiger partial charge >= 0.3 is 0 Å². The average Bonchev–Trinajstić information content (AvgIpc) is 2.21. The summed E-state index contributed by atoms with van der Waals surface area (Å²) < 4.78 is 0. The van der Waals surface area contributed by atoms with Gasteiger partial charge in [-0.2, -0.15) is 24.7 Å². The molecule has 0 N–H and O–H groups in total. The maximum absolute atomic E-state index is 2.43. The normalized spacial score (nSPS) is 30.8. The Morgan fingerprint density at radius 2 is 1.13 bits per heavy atom. The second-order valence-electron chi connectivity index (χ2n) is 4.99. The Morgan fingerprint density at radius 1 is 0.733 bits per heavy atom. The van der Waals surface area contributed by atoms with Crippen LogP contribution in [-0.4, -0.2) is 0 Å². The molecular weight excluding hydrogens is 257 g/mol. The predicted octanol–water partition coefficient (Wildman–Crippen LogP) is 4.80. The molecule has 2 saturated carbocycles. The molecule has 15 heavy (non-hydrogen) atoms. The Kier molecular flexibility index (Phi) is 11.0. The fourth-order valence-corrected chi connectivity index (χ4v) is 2.26. The minimum atomic E-state index is 0. The third-order valence-corrected chi connectivity index (χ3v) is 3.37. The van der Waals surface area contributed by atoms with Crippen LogP contribution in [-0.2, 0) is 32.7 Å². The maximum atomic E-state index is 2.43. The van der Waals surface area contributed by atoms with Crippen molar-refractivity contribution in [3.05, 3.63) is 12.8 Å². The van der Waals surface area contributed by atoms with Crippen molar-refractivity contribution in [3.8, 4) is 0 Å². The molecule has 0 spiro atoms. The molecule has 1 heteroatoms. The Bertz CT molecular complexity index is 105. The quantitative estimate of drug-likeness (QED) is 0.560. The number of hydrogen-bond donors (Lipinski definition) is 0. The van der Waals surface area contributed by atoms with E-state index >= 15 is 0 Å². The summed E-state index contributed by atoms with van der Waals surface area (Å²) in [5.41, 5.74) is 0. The summed E-state index contributed by atoms with van der Waals surface area (Å²) >= 11 is 0. The smallest absolute Gasteiger partial charge is 0 e. The maximum Gasteiger partial charge on any atom is 0 e. The van der Waals surface area contributed by atoms with Crippen LogP contribution < -0.4 is 0 Å². The standard InChI is InChI=1S/2C7H13.Y/c2*1-7-5-3-2-4-6-7;/h2*5,7H,2-4,6H2,1H3;/q2*-1;. The van der Waals surface area contributed by atoms with Crippen LogP contribution in [0.5, 0.6) is 0 Å². The molecule has 87 valence electrons. The third-order valence-electron chi connectivity index (χ3n) is 3.37. The predicted molar refractivity (Wildman–Crippen MR) is 63.9 cm³/mol. The monoisotopic (exact) mass is 283 g/mol. The van der Waals surface area contributed by atoms with Gasteiger partial charge in [0, 0.05) is 32.7 Å². The van der Waals surface area contributed by atoms with E-state index in [0.29, 0.717) is 0 Å². The van der Waals surface area contributed by atoms with Gasteiger partial charge in [-0.25, -0.2) is 0 Å². The summed E-state index contributed by atoms with van der Waals surface area (Å²) in [6, 6.07) is 0. The second kappa shape index (κ2) is 10.3. The van der Waals surface area contributed by atoms with Gasteiger partial charge < -0.3 is 12.8 Å². The van der Waals surface area contributed by atoms with Gasteiger partial charge in [-0.15, -0.1) is 0 Å². The zero-order valence-corrected chi connectivity index (χ0v) is 13.4. The van der Waals surface area contributed by atoms with E-state index in [9.17, 15) is 0 Å². The van der Waals surface area contributed by atoms with Crippen LogP contribution in [0.1, 0.15) is 65.2 Å². The van der Waals surface area contributed by atoms with Crippen LogP contribution in [0.15, 0.2) is 0 Å². The number of hydrogen-bond acceptors (Lipinski definition) is 0. The first-order chi connectivity index (χ1) is 6.79. The Balaban J connectivity index is 0.000000245. The van der Waals surface area contributed by atoms with Gasteiger partial charge in [0.1, 0.15) is 0 Å². The first-order valence-corrected chi connectivity index (χ1v) is 6.45. The van der Waals surface area contributed by atoms with E-state index in [2.05, 4.69) is 26.7 Å². The van der Waals surface area contributed by atoms with Gasteiger partial charge in [0.15, 0.2) is 0 Å². The van der Waals surface area contributed by atoms with Crippen molar-refractivity contribution < 1.29 is 32.7 Å². The summed E-state index contributed by atoms with van der Waals surface area (Å²) in [6.45, 7) is 4.61. The van der Waals surface area contributed by atoms with Gasteiger partial charge in [0.25, 0.3) is 0 Å². The van der Waals surface area contributed by atoms with Gasteiger partial charge in [0.2, 0.25) is 0 Å². The van der Waals surface area contributed by atoms with Gasteiger partial charge in [-0.05, 0) is 0 Å². The molecule has 0 amide bonds. The van der Waals surface area contributed by atoms with E-state index in [4.69, 9.17) is 0 Å². The second-order valence-corrected chi connectivity index (χ2v) is 4.99. The summed E-state index contributed by atoms with van der Waals surface area (Å²) in [7, 11) is 0. The molecule has 0 aliphatic heterocycles. The van der Waals surface area contributed by atoms with Crippen molar-refractivity contribution in [2.24, 2.45) is 11.8 Å². The Morgan fingerprint density at radius 3 is 1.27 bits per heavy atom. The van der Waals surface area contributed by atoms with Crippen molar-refractivity contribution in [1.82, 2.24) is 0 Å². The molecule has 2 rings (SSSR count). The van der Waals surface area contributed by atoms with Crippen LogP contribution in [0.3, 0.4) is 0 Å². The first-order valence-electron chi connectivity index (χ1n) is 6.45. The van der Waals surface area contributed by atoms with Crippen molar-refractivity contribution in [1.29, 1.82) is 0 Å². The van der Waals surface area contributed by atoms with Crippen molar-refractivity contribution >= 4 is 0 Å². The molecule has 0 heterocycles. The minimum Gasteiger partial charge on any atom is -0.326 e. The molecule has 0 bridgehead atoms. The molecule has 0 saturated heterocycles. The number of rotatable bonds is 0. The fraction of sp³-hybridized carbons (Fsp3) is 0.857. The van der Waals surface area contributed by atoms with Gasteiger partial charge in [-0.3, -0.25) is 0 Å². The van der Waals surface area contributed by atoms with Crippen LogP contribution in [0.25, 0.3) is 0 Å². The molecule has 2 fully saturated rings. The molecule has 0 aromatic rings. The van der Waals surface area contributed by atoms with Crippen LogP contribution in [0.4, 0.5) is 0 Å². The molecular formula is C14H26Y-2. The zero-order valence-electron chi connectivity index (χ0n) is 10.5. The first kappa shape index (κ1) is 16.1.